The molecule has 0 radical (unpaired) electrons. The molecule has 0 spiro atoms. The smallest absolute Gasteiger partial charge is 0.0352 e. The van der Waals surface area contributed by atoms with E-state index in [1.165, 1.54) is 11.1 Å². The zero-order valence-electron chi connectivity index (χ0n) is 11.1. The van der Waals surface area contributed by atoms with Crippen molar-refractivity contribution in [1.82, 2.24) is 10.2 Å². The molecule has 1 heterocycles. The van der Waals surface area contributed by atoms with Crippen LogP contribution in [-0.4, -0.2) is 24.0 Å². The fourth-order valence-electron chi connectivity index (χ4n) is 2.48. The SMILES string of the molecule is c1ccc(CN(Cc2ccccc2)C2CNC2)cc1. The van der Waals surface area contributed by atoms with E-state index in [1.54, 1.807) is 0 Å². The Morgan fingerprint density at radius 1 is 0.789 bits per heavy atom. The van der Waals surface area contributed by atoms with Crippen LogP contribution in [0.2, 0.25) is 0 Å². The lowest BCUT2D eigenvalue weighted by Crippen LogP contribution is -2.56. The Bertz CT molecular complexity index is 450. The molecule has 19 heavy (non-hydrogen) atoms. The second kappa shape index (κ2) is 6.00. The summed E-state index contributed by atoms with van der Waals surface area (Å²) in [6.45, 7) is 4.28. The van der Waals surface area contributed by atoms with E-state index in [1.807, 2.05) is 0 Å². The minimum absolute atomic E-state index is 0.667. The van der Waals surface area contributed by atoms with E-state index in [0.717, 1.165) is 26.2 Å². The van der Waals surface area contributed by atoms with Crippen LogP contribution >= 0.6 is 0 Å². The zero-order chi connectivity index (χ0) is 12.9. The first-order chi connectivity index (χ1) is 9.42. The maximum absolute atomic E-state index is 3.37. The fraction of sp³-hybridized carbons (Fsp3) is 0.294. The van der Waals surface area contributed by atoms with Gasteiger partial charge in [-0.2, -0.15) is 0 Å². The molecule has 1 aliphatic heterocycles. The summed E-state index contributed by atoms with van der Waals surface area (Å²) in [5, 5.41) is 3.37. The molecule has 0 saturated carbocycles. The third kappa shape index (κ3) is 3.22. The van der Waals surface area contributed by atoms with Gasteiger partial charge in [-0.1, -0.05) is 60.7 Å². The van der Waals surface area contributed by atoms with Crippen molar-refractivity contribution in [3.05, 3.63) is 71.8 Å². The topological polar surface area (TPSA) is 15.3 Å². The van der Waals surface area contributed by atoms with Crippen LogP contribution in [0.1, 0.15) is 11.1 Å². The van der Waals surface area contributed by atoms with Crippen molar-refractivity contribution >= 4 is 0 Å². The second-order valence-electron chi connectivity index (χ2n) is 5.19. The fourth-order valence-corrected chi connectivity index (χ4v) is 2.48. The van der Waals surface area contributed by atoms with Crippen molar-refractivity contribution in [2.75, 3.05) is 13.1 Å². The molecule has 2 nitrogen and oxygen atoms in total. The highest BCUT2D eigenvalue weighted by atomic mass is 15.2. The van der Waals surface area contributed by atoms with E-state index >= 15 is 0 Å². The maximum Gasteiger partial charge on any atom is 0.0352 e. The van der Waals surface area contributed by atoms with E-state index in [9.17, 15) is 0 Å². The molecular weight excluding hydrogens is 232 g/mol. The van der Waals surface area contributed by atoms with E-state index in [-0.39, 0.29) is 0 Å². The standard InChI is InChI=1S/C17H20N2/c1-3-7-15(8-4-1)13-19(17-11-18-12-17)14-16-9-5-2-6-10-16/h1-10,17-18H,11-14H2. The predicted molar refractivity (Wildman–Crippen MR) is 78.8 cm³/mol. The van der Waals surface area contributed by atoms with Crippen LogP contribution in [0, 0.1) is 0 Å². The van der Waals surface area contributed by atoms with Crippen molar-refractivity contribution in [2.45, 2.75) is 19.1 Å². The van der Waals surface area contributed by atoms with Gasteiger partial charge in [-0.3, -0.25) is 4.90 Å². The molecule has 0 aliphatic carbocycles. The predicted octanol–water partition coefficient (Wildman–Crippen LogP) is 2.66. The molecule has 2 aromatic rings. The summed E-state index contributed by atoms with van der Waals surface area (Å²) in [6, 6.07) is 22.2. The highest BCUT2D eigenvalue weighted by Crippen LogP contribution is 2.15. The van der Waals surface area contributed by atoms with Gasteiger partial charge in [0.1, 0.15) is 0 Å². The number of benzene rings is 2. The minimum Gasteiger partial charge on any atom is -0.314 e. The van der Waals surface area contributed by atoms with Gasteiger partial charge in [0.2, 0.25) is 0 Å². The highest BCUT2D eigenvalue weighted by molar-refractivity contribution is 5.17. The Labute approximate surface area is 115 Å². The summed E-state index contributed by atoms with van der Waals surface area (Å²) in [5.74, 6) is 0. The Kier molecular flexibility index (Phi) is 3.92. The van der Waals surface area contributed by atoms with Gasteiger partial charge in [0, 0.05) is 32.2 Å². The van der Waals surface area contributed by atoms with Crippen molar-refractivity contribution in [1.29, 1.82) is 0 Å². The van der Waals surface area contributed by atoms with Crippen LogP contribution in [0.5, 0.6) is 0 Å². The van der Waals surface area contributed by atoms with Crippen LogP contribution in [0.3, 0.4) is 0 Å². The monoisotopic (exact) mass is 252 g/mol. The first-order valence-electron chi connectivity index (χ1n) is 6.94. The molecule has 0 amide bonds. The number of nitrogens with one attached hydrogen (secondary N) is 1. The van der Waals surface area contributed by atoms with Gasteiger partial charge in [0.15, 0.2) is 0 Å². The van der Waals surface area contributed by atoms with Crippen LogP contribution < -0.4 is 5.32 Å². The Morgan fingerprint density at radius 3 is 1.63 bits per heavy atom. The van der Waals surface area contributed by atoms with Crippen molar-refractivity contribution < 1.29 is 0 Å². The molecule has 2 heteroatoms. The third-order valence-corrected chi connectivity index (χ3v) is 3.73. The minimum atomic E-state index is 0.667. The molecule has 0 aromatic heterocycles. The Morgan fingerprint density at radius 2 is 1.26 bits per heavy atom. The van der Waals surface area contributed by atoms with Crippen molar-refractivity contribution in [3.63, 3.8) is 0 Å². The molecule has 0 bridgehead atoms. The number of nitrogens with zero attached hydrogens (tertiary/aromatic N) is 1. The summed E-state index contributed by atoms with van der Waals surface area (Å²) < 4.78 is 0. The zero-order valence-corrected chi connectivity index (χ0v) is 11.1. The van der Waals surface area contributed by atoms with E-state index in [4.69, 9.17) is 0 Å². The maximum atomic E-state index is 3.37. The molecule has 1 N–H and O–H groups in total. The molecule has 3 rings (SSSR count). The average molecular weight is 252 g/mol. The average Bonchev–Trinajstić information content (AvgIpc) is 2.39. The number of hydrogen-bond donors (Lipinski definition) is 1. The largest absolute Gasteiger partial charge is 0.314 e. The van der Waals surface area contributed by atoms with Crippen LogP contribution in [-0.2, 0) is 13.1 Å². The first-order valence-corrected chi connectivity index (χ1v) is 6.94. The summed E-state index contributed by atoms with van der Waals surface area (Å²) in [4.78, 5) is 2.57. The molecule has 1 fully saturated rings. The lowest BCUT2D eigenvalue weighted by atomic mass is 10.1. The van der Waals surface area contributed by atoms with Gasteiger partial charge >= 0.3 is 0 Å². The lowest BCUT2D eigenvalue weighted by molar-refractivity contribution is 0.129. The van der Waals surface area contributed by atoms with E-state index in [2.05, 4.69) is 70.9 Å². The molecule has 1 saturated heterocycles. The normalized spacial score (nSPS) is 15.4. The van der Waals surface area contributed by atoms with Gasteiger partial charge in [-0.25, -0.2) is 0 Å². The Hall–Kier alpha value is -1.64. The number of rotatable bonds is 5. The van der Waals surface area contributed by atoms with E-state index < -0.39 is 0 Å². The van der Waals surface area contributed by atoms with Gasteiger partial charge in [0.25, 0.3) is 0 Å². The van der Waals surface area contributed by atoms with Crippen LogP contribution in [0.4, 0.5) is 0 Å². The molecule has 98 valence electrons. The third-order valence-electron chi connectivity index (χ3n) is 3.73. The van der Waals surface area contributed by atoms with E-state index in [0.29, 0.717) is 6.04 Å². The first kappa shape index (κ1) is 12.4. The molecule has 0 unspecified atom stereocenters. The summed E-state index contributed by atoms with van der Waals surface area (Å²) in [5.41, 5.74) is 2.79. The number of hydrogen-bond acceptors (Lipinski definition) is 2. The van der Waals surface area contributed by atoms with Gasteiger partial charge in [-0.15, -0.1) is 0 Å². The van der Waals surface area contributed by atoms with Gasteiger partial charge in [-0.05, 0) is 11.1 Å². The quantitative estimate of drug-likeness (QED) is 0.880. The molecule has 0 atom stereocenters. The summed E-state index contributed by atoms with van der Waals surface area (Å²) in [7, 11) is 0. The molecular formula is C17H20N2. The van der Waals surface area contributed by atoms with Crippen LogP contribution in [0.25, 0.3) is 0 Å². The van der Waals surface area contributed by atoms with Crippen LogP contribution in [0.15, 0.2) is 60.7 Å². The highest BCUT2D eigenvalue weighted by Gasteiger charge is 2.24. The van der Waals surface area contributed by atoms with Crippen molar-refractivity contribution in [2.24, 2.45) is 0 Å². The summed E-state index contributed by atoms with van der Waals surface area (Å²) in [6.07, 6.45) is 0. The second-order valence-corrected chi connectivity index (χ2v) is 5.19. The molecule has 2 aromatic carbocycles. The van der Waals surface area contributed by atoms with Gasteiger partial charge in [0.05, 0.1) is 0 Å². The van der Waals surface area contributed by atoms with Crippen molar-refractivity contribution in [3.8, 4) is 0 Å². The Balaban J connectivity index is 1.71. The molecule has 1 aliphatic rings. The van der Waals surface area contributed by atoms with Gasteiger partial charge < -0.3 is 5.32 Å². The summed E-state index contributed by atoms with van der Waals surface area (Å²) >= 11 is 0. The lowest BCUT2D eigenvalue weighted by Gasteiger charge is -2.38.